The minimum absolute atomic E-state index is 0.0855. The van der Waals surface area contributed by atoms with Crippen LogP contribution in [0.3, 0.4) is 0 Å². The summed E-state index contributed by atoms with van der Waals surface area (Å²) in [4.78, 5) is 40.7. The molecule has 0 aromatic heterocycles. The minimum atomic E-state index is -1.06. The number of hydrogen-bond acceptors (Lipinski definition) is 4. The van der Waals surface area contributed by atoms with Crippen molar-refractivity contribution in [3.63, 3.8) is 0 Å². The van der Waals surface area contributed by atoms with E-state index in [0.29, 0.717) is 0 Å². The van der Waals surface area contributed by atoms with E-state index < -0.39 is 47.0 Å². The number of ether oxygens (including phenoxy) is 1. The largest absolute Gasteiger partial charge is 0.481 e. The van der Waals surface area contributed by atoms with E-state index in [4.69, 9.17) is 4.74 Å². The average molecular weight is 381 g/mol. The van der Waals surface area contributed by atoms with Gasteiger partial charge in [0.2, 0.25) is 5.91 Å². The van der Waals surface area contributed by atoms with Gasteiger partial charge in [-0.25, -0.2) is 0 Å². The molecule has 1 N–H and O–H groups in total. The molecule has 3 saturated heterocycles. The van der Waals surface area contributed by atoms with Gasteiger partial charge >= 0.3 is 5.97 Å². The van der Waals surface area contributed by atoms with Crippen molar-refractivity contribution < 1.29 is 24.2 Å². The molecule has 1 aromatic rings. The number of carbonyl (C=O) groups excluding carboxylic acids is 2. The van der Waals surface area contributed by atoms with Crippen molar-refractivity contribution in [3.05, 3.63) is 48.0 Å². The first-order valence-corrected chi connectivity index (χ1v) is 9.77. The molecule has 0 radical (unpaired) electrons. The van der Waals surface area contributed by atoms with E-state index in [2.05, 4.69) is 0 Å². The number of nitrogens with zero attached hydrogens (tertiary/aromatic N) is 1. The van der Waals surface area contributed by atoms with Gasteiger partial charge in [0, 0.05) is 11.8 Å². The second-order valence-electron chi connectivity index (χ2n) is 8.79. The van der Waals surface area contributed by atoms with E-state index in [0.717, 1.165) is 5.56 Å². The third-order valence-corrected chi connectivity index (χ3v) is 7.34. The summed E-state index contributed by atoms with van der Waals surface area (Å²) in [6.45, 7) is 5.42. The molecular weight excluding hydrogens is 358 g/mol. The predicted molar refractivity (Wildman–Crippen MR) is 99.1 cm³/mol. The minimum Gasteiger partial charge on any atom is -0.481 e. The van der Waals surface area contributed by atoms with Crippen molar-refractivity contribution in [3.8, 4) is 0 Å². The van der Waals surface area contributed by atoms with Gasteiger partial charge in [-0.3, -0.25) is 14.4 Å². The van der Waals surface area contributed by atoms with Crippen LogP contribution in [0.1, 0.15) is 32.4 Å². The van der Waals surface area contributed by atoms with Crippen molar-refractivity contribution in [1.82, 2.24) is 4.90 Å². The highest BCUT2D eigenvalue weighted by atomic mass is 16.5. The van der Waals surface area contributed by atoms with E-state index >= 15 is 0 Å². The molecule has 8 atom stereocenters. The van der Waals surface area contributed by atoms with Gasteiger partial charge in [0.1, 0.15) is 17.3 Å². The highest BCUT2D eigenvalue weighted by molar-refractivity contribution is 5.96. The summed E-state index contributed by atoms with van der Waals surface area (Å²) in [7, 11) is 0. The summed E-state index contributed by atoms with van der Waals surface area (Å²) in [6, 6.07) is 8.61. The number of ketones is 1. The van der Waals surface area contributed by atoms with Crippen LogP contribution in [0.2, 0.25) is 0 Å². The fraction of sp³-hybridized carbons (Fsp3) is 0.500. The number of Topliss-reactive ketones (excluding diaryl/α,β-unsaturated/α-hetero) is 1. The molecular formula is C22H23NO5. The number of piperidine rings is 1. The third kappa shape index (κ3) is 1.84. The molecule has 0 unspecified atom stereocenters. The lowest BCUT2D eigenvalue weighted by Gasteiger charge is -2.47. The number of hydrogen-bond donors (Lipinski definition) is 1. The SMILES string of the molecule is C[C@@H]1C(=O)[C@H](C)[C@@H]2N(C(=O)[C@@H]3[C@H](C(=O)O)[C@@]4(C)C=C[C@]32O4)[C@H]1c1ccccc1. The number of rotatable bonds is 2. The molecule has 6 nitrogen and oxygen atoms in total. The van der Waals surface area contributed by atoms with Crippen LogP contribution in [0.25, 0.3) is 0 Å². The molecule has 1 spiro atoms. The van der Waals surface area contributed by atoms with E-state index in [1.807, 2.05) is 50.3 Å². The van der Waals surface area contributed by atoms with Gasteiger partial charge in [-0.1, -0.05) is 56.3 Å². The Hall–Kier alpha value is -2.47. The van der Waals surface area contributed by atoms with Gasteiger partial charge in [0.25, 0.3) is 0 Å². The molecule has 4 heterocycles. The lowest BCUT2D eigenvalue weighted by Crippen LogP contribution is -2.58. The van der Waals surface area contributed by atoms with Crippen LogP contribution in [0.15, 0.2) is 42.5 Å². The topological polar surface area (TPSA) is 83.9 Å². The van der Waals surface area contributed by atoms with E-state index in [9.17, 15) is 19.5 Å². The fourth-order valence-electron chi connectivity index (χ4n) is 6.26. The Balaban J connectivity index is 1.70. The van der Waals surface area contributed by atoms with E-state index in [1.54, 1.807) is 17.9 Å². The lowest BCUT2D eigenvalue weighted by molar-refractivity contribution is -0.159. The van der Waals surface area contributed by atoms with Crippen molar-refractivity contribution >= 4 is 17.7 Å². The summed E-state index contributed by atoms with van der Waals surface area (Å²) < 4.78 is 6.32. The Morgan fingerprint density at radius 1 is 1.11 bits per heavy atom. The Morgan fingerprint density at radius 2 is 1.79 bits per heavy atom. The second kappa shape index (κ2) is 5.32. The van der Waals surface area contributed by atoms with Crippen LogP contribution >= 0.6 is 0 Å². The Kier molecular flexibility index (Phi) is 3.35. The van der Waals surface area contributed by atoms with Crippen LogP contribution in [-0.4, -0.2) is 44.9 Å². The third-order valence-electron chi connectivity index (χ3n) is 7.34. The van der Waals surface area contributed by atoms with Gasteiger partial charge in [-0.2, -0.15) is 0 Å². The summed E-state index contributed by atoms with van der Waals surface area (Å²) in [5.41, 5.74) is -1.19. The molecule has 5 rings (SSSR count). The number of amides is 1. The summed E-state index contributed by atoms with van der Waals surface area (Å²) in [6.07, 6.45) is 3.62. The van der Waals surface area contributed by atoms with E-state index in [1.165, 1.54) is 0 Å². The molecule has 6 heteroatoms. The van der Waals surface area contributed by atoms with Crippen molar-refractivity contribution in [2.45, 2.75) is 44.1 Å². The number of carbonyl (C=O) groups is 3. The quantitative estimate of drug-likeness (QED) is 0.794. The first-order valence-electron chi connectivity index (χ1n) is 9.77. The number of carboxylic acid groups (broad SMARTS) is 1. The Bertz CT molecular complexity index is 926. The van der Waals surface area contributed by atoms with Crippen LogP contribution in [0, 0.1) is 23.7 Å². The van der Waals surface area contributed by atoms with Crippen LogP contribution in [0.5, 0.6) is 0 Å². The standard InChI is InChI=1S/C22H23NO5/c1-11-16(13-7-5-4-6-8-13)23-18(12(2)17(11)24)22-10-9-21(3,28-22)15(20(26)27)14(22)19(23)25/h4-12,14-16,18H,1-3H3,(H,26,27)/t11-,12-,14-,15+,16+,18-,21+,22-/m0/s1. The number of benzene rings is 1. The van der Waals surface area contributed by atoms with Gasteiger partial charge in [-0.05, 0) is 12.5 Å². The summed E-state index contributed by atoms with van der Waals surface area (Å²) in [5.74, 6) is -3.72. The van der Waals surface area contributed by atoms with Crippen molar-refractivity contribution in [1.29, 1.82) is 0 Å². The van der Waals surface area contributed by atoms with Gasteiger partial charge in [-0.15, -0.1) is 0 Å². The molecule has 1 amide bonds. The molecule has 146 valence electrons. The first kappa shape index (κ1) is 17.6. The Labute approximate surface area is 163 Å². The maximum Gasteiger partial charge on any atom is 0.310 e. The molecule has 3 fully saturated rings. The molecule has 4 aliphatic heterocycles. The molecule has 0 saturated carbocycles. The van der Waals surface area contributed by atoms with Crippen molar-refractivity contribution in [2.75, 3.05) is 0 Å². The zero-order valence-electron chi connectivity index (χ0n) is 16.0. The highest BCUT2D eigenvalue weighted by Crippen LogP contribution is 2.63. The summed E-state index contributed by atoms with van der Waals surface area (Å²) >= 11 is 0. The molecule has 28 heavy (non-hydrogen) atoms. The zero-order chi connectivity index (χ0) is 20.0. The summed E-state index contributed by atoms with van der Waals surface area (Å²) in [5, 5.41) is 9.90. The average Bonchev–Trinajstić information content (AvgIpc) is 3.23. The zero-order valence-corrected chi connectivity index (χ0v) is 16.0. The lowest BCUT2D eigenvalue weighted by atomic mass is 9.67. The highest BCUT2D eigenvalue weighted by Gasteiger charge is 2.77. The fourth-order valence-corrected chi connectivity index (χ4v) is 6.26. The smallest absolute Gasteiger partial charge is 0.310 e. The van der Waals surface area contributed by atoms with E-state index in [-0.39, 0.29) is 17.6 Å². The molecule has 4 aliphatic rings. The molecule has 0 aliphatic carbocycles. The van der Waals surface area contributed by atoms with Crippen LogP contribution in [0.4, 0.5) is 0 Å². The first-order chi connectivity index (χ1) is 13.2. The molecule has 2 bridgehead atoms. The maximum absolute atomic E-state index is 13.7. The second-order valence-corrected chi connectivity index (χ2v) is 8.79. The predicted octanol–water partition coefficient (Wildman–Crippen LogP) is 2.21. The number of carboxylic acids is 1. The molecule has 1 aromatic carbocycles. The van der Waals surface area contributed by atoms with Gasteiger partial charge < -0.3 is 14.7 Å². The number of fused-ring (bicyclic) bond motifs is 2. The number of aliphatic carboxylic acids is 1. The van der Waals surface area contributed by atoms with Crippen LogP contribution in [-0.2, 0) is 19.1 Å². The Morgan fingerprint density at radius 3 is 2.43 bits per heavy atom. The maximum atomic E-state index is 13.7. The normalized spacial score (nSPS) is 46.0. The van der Waals surface area contributed by atoms with Gasteiger partial charge in [0.15, 0.2) is 0 Å². The van der Waals surface area contributed by atoms with Crippen LogP contribution < -0.4 is 0 Å². The van der Waals surface area contributed by atoms with Crippen molar-refractivity contribution in [2.24, 2.45) is 23.7 Å². The monoisotopic (exact) mass is 381 g/mol. The van der Waals surface area contributed by atoms with Gasteiger partial charge in [0.05, 0.1) is 23.6 Å².